The van der Waals surface area contributed by atoms with Gasteiger partial charge in [-0.1, -0.05) is 59.6 Å². The van der Waals surface area contributed by atoms with Gasteiger partial charge in [0.2, 0.25) is 5.28 Å². The van der Waals surface area contributed by atoms with Gasteiger partial charge in [-0.15, -0.1) is 0 Å². The zero-order chi connectivity index (χ0) is 14.8. The lowest BCUT2D eigenvalue weighted by atomic mass is 10.0. The molecule has 1 aromatic heterocycles. The molecule has 0 aliphatic rings. The molecule has 3 aromatic rings. The van der Waals surface area contributed by atoms with Crippen LogP contribution in [-0.2, 0) is 0 Å². The lowest BCUT2D eigenvalue weighted by Gasteiger charge is -2.08. The van der Waals surface area contributed by atoms with E-state index >= 15 is 0 Å². The van der Waals surface area contributed by atoms with Crippen LogP contribution < -0.4 is 0 Å². The lowest BCUT2D eigenvalue weighted by Crippen LogP contribution is -1.89. The molecule has 0 N–H and O–H groups in total. The molecule has 0 atom stereocenters. The summed E-state index contributed by atoms with van der Waals surface area (Å²) in [5.74, 6) is 0. The van der Waals surface area contributed by atoms with E-state index in [1.807, 2.05) is 48.5 Å². The topological polar surface area (TPSA) is 25.8 Å². The monoisotopic (exact) mass is 334 g/mol. The van der Waals surface area contributed by atoms with Crippen LogP contribution in [-0.4, -0.2) is 9.97 Å². The van der Waals surface area contributed by atoms with Crippen LogP contribution in [0.3, 0.4) is 0 Å². The molecule has 0 aliphatic heterocycles. The van der Waals surface area contributed by atoms with E-state index in [0.29, 0.717) is 15.7 Å². The van der Waals surface area contributed by atoms with Crippen LogP contribution in [0.2, 0.25) is 15.3 Å². The summed E-state index contributed by atoms with van der Waals surface area (Å²) in [6, 6.07) is 15.5. The van der Waals surface area contributed by atoms with E-state index in [-0.39, 0.29) is 5.28 Å². The van der Waals surface area contributed by atoms with Crippen LogP contribution in [0.25, 0.3) is 22.4 Å². The molecular formula is C16H9Cl3N2. The third-order valence-corrected chi connectivity index (χ3v) is 3.82. The van der Waals surface area contributed by atoms with Gasteiger partial charge in [0.25, 0.3) is 0 Å². The largest absolute Gasteiger partial charge is 0.225 e. The molecule has 1 heterocycles. The average molecular weight is 336 g/mol. The number of rotatable bonds is 2. The Morgan fingerprint density at radius 3 is 2.33 bits per heavy atom. The van der Waals surface area contributed by atoms with Gasteiger partial charge in [-0.25, -0.2) is 9.97 Å². The summed E-state index contributed by atoms with van der Waals surface area (Å²) >= 11 is 18.2. The van der Waals surface area contributed by atoms with Gasteiger partial charge in [0.15, 0.2) is 0 Å². The number of hydrogen-bond acceptors (Lipinski definition) is 2. The van der Waals surface area contributed by atoms with Gasteiger partial charge in [-0.05, 0) is 29.3 Å². The number of benzene rings is 2. The van der Waals surface area contributed by atoms with E-state index in [4.69, 9.17) is 34.8 Å². The first kappa shape index (κ1) is 14.3. The Morgan fingerprint density at radius 1 is 0.762 bits per heavy atom. The fourth-order valence-corrected chi connectivity index (χ4v) is 2.66. The Kier molecular flexibility index (Phi) is 4.11. The molecule has 0 amide bonds. The second kappa shape index (κ2) is 6.02. The van der Waals surface area contributed by atoms with Crippen LogP contribution in [0.15, 0.2) is 54.7 Å². The zero-order valence-electron chi connectivity index (χ0n) is 10.7. The first-order chi connectivity index (χ1) is 10.1. The molecule has 2 aromatic carbocycles. The van der Waals surface area contributed by atoms with Gasteiger partial charge < -0.3 is 0 Å². The number of aromatic nitrogens is 2. The van der Waals surface area contributed by atoms with Crippen molar-refractivity contribution in [2.24, 2.45) is 0 Å². The summed E-state index contributed by atoms with van der Waals surface area (Å²) in [6.07, 6.45) is 1.49. The predicted molar refractivity (Wildman–Crippen MR) is 87.9 cm³/mol. The molecule has 0 aliphatic carbocycles. The van der Waals surface area contributed by atoms with Crippen molar-refractivity contribution in [1.29, 1.82) is 0 Å². The highest BCUT2D eigenvalue weighted by Gasteiger charge is 2.09. The lowest BCUT2D eigenvalue weighted by molar-refractivity contribution is 1.17. The fourth-order valence-electron chi connectivity index (χ4n) is 2.08. The molecule has 0 saturated heterocycles. The van der Waals surface area contributed by atoms with Gasteiger partial charge in [0, 0.05) is 16.1 Å². The van der Waals surface area contributed by atoms with Gasteiger partial charge in [0.05, 0.1) is 16.9 Å². The summed E-state index contributed by atoms with van der Waals surface area (Å²) < 4.78 is 0. The van der Waals surface area contributed by atoms with Gasteiger partial charge >= 0.3 is 0 Å². The van der Waals surface area contributed by atoms with Crippen molar-refractivity contribution >= 4 is 34.8 Å². The first-order valence-corrected chi connectivity index (χ1v) is 7.32. The van der Waals surface area contributed by atoms with Crippen molar-refractivity contribution in [2.45, 2.75) is 0 Å². The summed E-state index contributed by atoms with van der Waals surface area (Å²) in [5.41, 5.74) is 3.41. The molecule has 0 unspecified atom stereocenters. The third kappa shape index (κ3) is 3.03. The third-order valence-electron chi connectivity index (χ3n) is 3.04. The zero-order valence-corrected chi connectivity index (χ0v) is 13.0. The molecule has 0 spiro atoms. The van der Waals surface area contributed by atoms with E-state index < -0.39 is 0 Å². The Balaban J connectivity index is 2.13. The van der Waals surface area contributed by atoms with Crippen molar-refractivity contribution in [3.05, 3.63) is 70.1 Å². The fraction of sp³-hybridized carbons (Fsp3) is 0. The van der Waals surface area contributed by atoms with Gasteiger partial charge in [-0.3, -0.25) is 0 Å². The summed E-state index contributed by atoms with van der Waals surface area (Å²) in [6.45, 7) is 0. The second-order valence-electron chi connectivity index (χ2n) is 4.40. The minimum Gasteiger partial charge on any atom is -0.225 e. The quantitative estimate of drug-likeness (QED) is 0.555. The second-order valence-corrected chi connectivity index (χ2v) is 5.55. The maximum absolute atomic E-state index is 6.24. The maximum atomic E-state index is 6.24. The van der Waals surface area contributed by atoms with Crippen LogP contribution >= 0.6 is 34.8 Å². The molecule has 0 fully saturated rings. The molecule has 0 saturated carbocycles. The summed E-state index contributed by atoms with van der Waals surface area (Å²) in [5, 5.41) is 1.31. The molecule has 5 heteroatoms. The Bertz CT molecular complexity index is 803. The van der Waals surface area contributed by atoms with E-state index in [1.54, 1.807) is 0 Å². The number of nitrogens with zero attached hydrogens (tertiary/aromatic N) is 2. The van der Waals surface area contributed by atoms with E-state index in [1.165, 1.54) is 6.20 Å². The first-order valence-electron chi connectivity index (χ1n) is 6.18. The molecule has 0 radical (unpaired) electrons. The average Bonchev–Trinajstić information content (AvgIpc) is 2.50. The van der Waals surface area contributed by atoms with E-state index in [0.717, 1.165) is 16.7 Å². The van der Waals surface area contributed by atoms with Crippen LogP contribution in [0.1, 0.15) is 0 Å². The standard InChI is InChI=1S/C16H9Cl3N2/c17-13-7-2-1-6-12(13)10-4-3-5-11(8-10)15-14(18)9-20-16(19)21-15/h1-9H. The van der Waals surface area contributed by atoms with E-state index in [9.17, 15) is 0 Å². The Morgan fingerprint density at radius 2 is 1.52 bits per heavy atom. The van der Waals surface area contributed by atoms with Gasteiger partial charge in [0.1, 0.15) is 0 Å². The Labute approximate surface area is 137 Å². The molecular weight excluding hydrogens is 327 g/mol. The van der Waals surface area contributed by atoms with Crippen molar-refractivity contribution in [3.63, 3.8) is 0 Å². The van der Waals surface area contributed by atoms with Crippen molar-refractivity contribution in [1.82, 2.24) is 9.97 Å². The molecule has 21 heavy (non-hydrogen) atoms. The van der Waals surface area contributed by atoms with Gasteiger partial charge in [-0.2, -0.15) is 0 Å². The smallest absolute Gasteiger partial charge is 0.222 e. The summed E-state index contributed by atoms with van der Waals surface area (Å²) in [4.78, 5) is 8.05. The minimum absolute atomic E-state index is 0.164. The molecule has 104 valence electrons. The highest BCUT2D eigenvalue weighted by atomic mass is 35.5. The Hall–Kier alpha value is -1.61. The van der Waals surface area contributed by atoms with E-state index in [2.05, 4.69) is 9.97 Å². The van der Waals surface area contributed by atoms with Crippen LogP contribution in [0, 0.1) is 0 Å². The summed E-state index contributed by atoms with van der Waals surface area (Å²) in [7, 11) is 0. The molecule has 3 rings (SSSR count). The molecule has 0 bridgehead atoms. The molecule has 2 nitrogen and oxygen atoms in total. The highest BCUT2D eigenvalue weighted by Crippen LogP contribution is 2.32. The number of hydrogen-bond donors (Lipinski definition) is 0. The minimum atomic E-state index is 0.164. The SMILES string of the molecule is Clc1ncc(Cl)c(-c2cccc(-c3ccccc3Cl)c2)n1. The van der Waals surface area contributed by atoms with Crippen molar-refractivity contribution < 1.29 is 0 Å². The van der Waals surface area contributed by atoms with Crippen molar-refractivity contribution in [2.75, 3.05) is 0 Å². The highest BCUT2D eigenvalue weighted by molar-refractivity contribution is 6.34. The number of halogens is 3. The van der Waals surface area contributed by atoms with Crippen LogP contribution in [0.4, 0.5) is 0 Å². The predicted octanol–water partition coefficient (Wildman–Crippen LogP) is 5.77. The van der Waals surface area contributed by atoms with Crippen molar-refractivity contribution in [3.8, 4) is 22.4 Å². The maximum Gasteiger partial charge on any atom is 0.222 e. The van der Waals surface area contributed by atoms with Crippen LogP contribution in [0.5, 0.6) is 0 Å². The normalized spacial score (nSPS) is 10.6.